The predicted molar refractivity (Wildman–Crippen MR) is 184 cm³/mol. The summed E-state index contributed by atoms with van der Waals surface area (Å²) >= 11 is 1.74. The first kappa shape index (κ1) is 35.2. The van der Waals surface area contributed by atoms with E-state index in [0.717, 1.165) is 44.8 Å². The Kier molecular flexibility index (Phi) is 16.1. The van der Waals surface area contributed by atoms with Gasteiger partial charge in [-0.3, -0.25) is 0 Å². The fourth-order valence-corrected chi connectivity index (χ4v) is 5.09. The zero-order chi connectivity index (χ0) is 30.8. The van der Waals surface area contributed by atoms with Gasteiger partial charge < -0.3 is 9.73 Å². The fraction of sp³-hybridized carbons (Fsp3) is 0.459. The highest BCUT2D eigenvalue weighted by Crippen LogP contribution is 2.45. The molecule has 228 valence electrons. The molecule has 1 spiro atoms. The molecular weight excluding hydrogens is 534 g/mol. The molecule has 5 aromatic rings. The number of hydrogen-bond acceptors (Lipinski definition) is 5. The van der Waals surface area contributed by atoms with Crippen LogP contribution in [0.5, 0.6) is 0 Å². The highest BCUT2D eigenvalue weighted by molar-refractivity contribution is 7.18. The van der Waals surface area contributed by atoms with E-state index in [1.165, 1.54) is 43.5 Å². The van der Waals surface area contributed by atoms with Crippen LogP contribution in [-0.2, 0) is 0 Å². The minimum Gasteiger partial charge on any atom is -0.441 e. The first-order chi connectivity index (χ1) is 20.1. The molecule has 1 aliphatic carbocycles. The van der Waals surface area contributed by atoms with Gasteiger partial charge in [-0.15, -0.1) is 11.3 Å². The highest BCUT2D eigenvalue weighted by atomic mass is 32.1. The van der Waals surface area contributed by atoms with Crippen LogP contribution >= 0.6 is 11.3 Å². The van der Waals surface area contributed by atoms with Gasteiger partial charge in [0, 0.05) is 13.5 Å². The maximum atomic E-state index is 5.26. The maximum absolute atomic E-state index is 5.26. The lowest BCUT2D eigenvalue weighted by Gasteiger charge is -2.37. The van der Waals surface area contributed by atoms with Gasteiger partial charge in [-0.2, -0.15) is 0 Å². The van der Waals surface area contributed by atoms with Gasteiger partial charge in [0.25, 0.3) is 0 Å². The van der Waals surface area contributed by atoms with E-state index in [0.29, 0.717) is 0 Å². The third-order valence-electron chi connectivity index (χ3n) is 6.21. The van der Waals surface area contributed by atoms with Crippen LogP contribution in [0.2, 0.25) is 0 Å². The SMILES string of the molecule is C1CC2(C1)CCNC2.CC(C)C.CC(C)C.Cc1nc2ccccc2o1.Cc1nc2ccccc2s1.c1ccccc1. The van der Waals surface area contributed by atoms with Crippen molar-refractivity contribution >= 4 is 32.7 Å². The first-order valence-electron chi connectivity index (χ1n) is 15.5. The number of fused-ring (bicyclic) bond motifs is 2. The van der Waals surface area contributed by atoms with Gasteiger partial charge in [-0.25, -0.2) is 9.97 Å². The molecule has 1 saturated carbocycles. The lowest BCUT2D eigenvalue weighted by atomic mass is 9.68. The topological polar surface area (TPSA) is 51.0 Å². The number of aryl methyl sites for hydroxylation is 2. The molecule has 4 nitrogen and oxygen atoms in total. The van der Waals surface area contributed by atoms with Gasteiger partial charge >= 0.3 is 0 Å². The second-order valence-electron chi connectivity index (χ2n) is 12.3. The monoisotopic (exact) mass is 587 g/mol. The van der Waals surface area contributed by atoms with Crippen molar-refractivity contribution < 1.29 is 4.42 Å². The highest BCUT2D eigenvalue weighted by Gasteiger charge is 2.38. The van der Waals surface area contributed by atoms with Crippen LogP contribution in [0.15, 0.2) is 89.3 Å². The lowest BCUT2D eigenvalue weighted by Crippen LogP contribution is -2.31. The van der Waals surface area contributed by atoms with Crippen LogP contribution < -0.4 is 5.32 Å². The second-order valence-corrected chi connectivity index (χ2v) is 13.5. The molecule has 1 saturated heterocycles. The van der Waals surface area contributed by atoms with Gasteiger partial charge in [0.05, 0.1) is 15.2 Å². The number of nitrogens with one attached hydrogen (secondary N) is 1. The molecule has 5 heteroatoms. The minimum absolute atomic E-state index is 0.723. The molecule has 1 N–H and O–H groups in total. The third-order valence-corrected chi connectivity index (χ3v) is 7.17. The van der Waals surface area contributed by atoms with Gasteiger partial charge in [0.15, 0.2) is 11.5 Å². The summed E-state index contributed by atoms with van der Waals surface area (Å²) in [5.74, 6) is 2.39. The molecule has 2 aromatic heterocycles. The Bertz CT molecular complexity index is 1190. The number of para-hydroxylation sites is 3. The molecule has 7 rings (SSSR count). The smallest absolute Gasteiger partial charge is 0.192 e. The Balaban J connectivity index is 0.000000183. The molecule has 3 heterocycles. The van der Waals surface area contributed by atoms with Gasteiger partial charge in [0.2, 0.25) is 0 Å². The number of aromatic nitrogens is 2. The summed E-state index contributed by atoms with van der Waals surface area (Å²) in [7, 11) is 0. The van der Waals surface area contributed by atoms with Crippen molar-refractivity contribution in [2.45, 2.75) is 81.1 Å². The summed E-state index contributed by atoms with van der Waals surface area (Å²) < 4.78 is 6.53. The summed E-state index contributed by atoms with van der Waals surface area (Å²) in [5.41, 5.74) is 3.71. The Morgan fingerprint density at radius 3 is 1.64 bits per heavy atom. The summed E-state index contributed by atoms with van der Waals surface area (Å²) in [6.07, 6.45) is 5.94. The van der Waals surface area contributed by atoms with E-state index in [2.05, 4.69) is 62.9 Å². The van der Waals surface area contributed by atoms with Crippen LogP contribution in [0.3, 0.4) is 0 Å². The number of rotatable bonds is 0. The Morgan fingerprint density at radius 1 is 0.690 bits per heavy atom. The van der Waals surface area contributed by atoms with E-state index in [9.17, 15) is 0 Å². The van der Waals surface area contributed by atoms with Gasteiger partial charge in [-0.05, 0) is 74.2 Å². The molecule has 2 fully saturated rings. The average Bonchev–Trinajstić information content (AvgIpc) is 3.67. The summed E-state index contributed by atoms with van der Waals surface area (Å²) in [4.78, 5) is 8.48. The maximum Gasteiger partial charge on any atom is 0.192 e. The van der Waals surface area contributed by atoms with Crippen LogP contribution in [0, 0.1) is 31.1 Å². The van der Waals surface area contributed by atoms with Crippen LogP contribution in [-0.4, -0.2) is 23.1 Å². The van der Waals surface area contributed by atoms with Crippen LogP contribution in [0.4, 0.5) is 0 Å². The number of oxazole rings is 1. The molecular formula is C37H53N3OS. The number of nitrogens with zero attached hydrogens (tertiary/aromatic N) is 2. The van der Waals surface area contributed by atoms with Gasteiger partial charge in [0.1, 0.15) is 5.52 Å². The number of thiazole rings is 1. The third kappa shape index (κ3) is 14.2. The Labute approximate surface area is 259 Å². The van der Waals surface area contributed by atoms with Crippen molar-refractivity contribution in [2.24, 2.45) is 17.3 Å². The normalized spacial score (nSPS) is 14.1. The molecule has 0 atom stereocenters. The predicted octanol–water partition coefficient (Wildman–Crippen LogP) is 10.9. The number of benzene rings is 3. The fourth-order valence-electron chi connectivity index (χ4n) is 4.26. The van der Waals surface area contributed by atoms with Crippen molar-refractivity contribution in [2.75, 3.05) is 13.1 Å². The van der Waals surface area contributed by atoms with Gasteiger partial charge in [-0.1, -0.05) is 109 Å². The van der Waals surface area contributed by atoms with Crippen molar-refractivity contribution in [3.8, 4) is 0 Å². The summed E-state index contributed by atoms with van der Waals surface area (Å²) in [5, 5.41) is 4.56. The average molecular weight is 588 g/mol. The molecule has 0 unspecified atom stereocenters. The Hall–Kier alpha value is -3.02. The molecule has 1 aliphatic heterocycles. The van der Waals surface area contributed by atoms with E-state index in [1.54, 1.807) is 11.3 Å². The van der Waals surface area contributed by atoms with Crippen molar-refractivity contribution in [1.29, 1.82) is 0 Å². The zero-order valence-electron chi connectivity index (χ0n) is 27.2. The van der Waals surface area contributed by atoms with Crippen molar-refractivity contribution in [3.63, 3.8) is 0 Å². The van der Waals surface area contributed by atoms with Crippen LogP contribution in [0.25, 0.3) is 21.3 Å². The molecule has 0 amide bonds. The molecule has 0 bridgehead atoms. The molecule has 2 aliphatic rings. The molecule has 3 aromatic carbocycles. The number of hydrogen-bond donors (Lipinski definition) is 1. The quantitative estimate of drug-likeness (QED) is 0.196. The molecule has 0 radical (unpaired) electrons. The first-order valence-corrected chi connectivity index (χ1v) is 16.3. The lowest BCUT2D eigenvalue weighted by molar-refractivity contribution is 0.163. The van der Waals surface area contributed by atoms with Crippen LogP contribution in [0.1, 0.15) is 78.1 Å². The summed E-state index contributed by atoms with van der Waals surface area (Å²) in [6.45, 7) is 19.5. The van der Waals surface area contributed by atoms with E-state index in [-0.39, 0.29) is 0 Å². The Morgan fingerprint density at radius 2 is 1.21 bits per heavy atom. The largest absolute Gasteiger partial charge is 0.441 e. The summed E-state index contributed by atoms with van der Waals surface area (Å²) in [6, 6.07) is 27.9. The molecule has 42 heavy (non-hydrogen) atoms. The second kappa shape index (κ2) is 19.2. The minimum atomic E-state index is 0.723. The van der Waals surface area contributed by atoms with Crippen molar-refractivity contribution in [1.82, 2.24) is 15.3 Å². The van der Waals surface area contributed by atoms with E-state index >= 15 is 0 Å². The standard InChI is InChI=1S/C8H7NO.C8H7NS.C7H13N.C6H6.2C4H10/c2*1-6-9-7-4-2-3-5-8(7)10-6;1-2-7(3-1)4-5-8-6-7;1-2-4-6-5-3-1;2*1-4(2)3/h2*2-5H,1H3;8H,1-6H2;1-6H;2*4H,1-3H3. The van der Waals surface area contributed by atoms with E-state index < -0.39 is 0 Å². The van der Waals surface area contributed by atoms with Crippen molar-refractivity contribution in [3.05, 3.63) is 95.8 Å². The van der Waals surface area contributed by atoms with E-state index in [4.69, 9.17) is 4.42 Å². The van der Waals surface area contributed by atoms with E-state index in [1.807, 2.05) is 92.7 Å². The zero-order valence-corrected chi connectivity index (χ0v) is 28.0.